The van der Waals surface area contributed by atoms with Crippen LogP contribution in [0.2, 0.25) is 0 Å². The second kappa shape index (κ2) is 7.21. The number of aromatic nitrogens is 2. The lowest BCUT2D eigenvalue weighted by Crippen LogP contribution is -2.31. The van der Waals surface area contributed by atoms with Gasteiger partial charge in [0.2, 0.25) is 5.95 Å². The molecule has 1 aliphatic rings. The Bertz CT molecular complexity index is 737. The lowest BCUT2D eigenvalue weighted by molar-refractivity contribution is 0.101. The van der Waals surface area contributed by atoms with Gasteiger partial charge in [-0.25, -0.2) is 9.97 Å². The first-order valence-corrected chi connectivity index (χ1v) is 8.14. The van der Waals surface area contributed by atoms with Crippen molar-refractivity contribution in [3.05, 3.63) is 47.8 Å². The van der Waals surface area contributed by atoms with Crippen molar-refractivity contribution in [3.8, 4) is 0 Å². The fourth-order valence-electron chi connectivity index (χ4n) is 2.70. The van der Waals surface area contributed by atoms with E-state index in [1.54, 1.807) is 36.5 Å². The molecule has 1 fully saturated rings. The van der Waals surface area contributed by atoms with Crippen LogP contribution in [0.4, 0.5) is 11.6 Å². The molecule has 0 bridgehead atoms. The molecule has 0 aliphatic carbocycles. The highest BCUT2D eigenvalue weighted by Crippen LogP contribution is 2.16. The first kappa shape index (κ1) is 16.1. The summed E-state index contributed by atoms with van der Waals surface area (Å²) in [6.07, 6.45) is 5.10. The quantitative estimate of drug-likeness (QED) is 0.875. The van der Waals surface area contributed by atoms with Crippen LogP contribution in [0, 0.1) is 0 Å². The Morgan fingerprint density at radius 2 is 1.75 bits per heavy atom. The molecule has 1 aliphatic heterocycles. The second-order valence-electron chi connectivity index (χ2n) is 5.88. The van der Waals surface area contributed by atoms with E-state index in [4.69, 9.17) is 0 Å². The molecular weight excluding hydrogens is 304 g/mol. The summed E-state index contributed by atoms with van der Waals surface area (Å²) in [5.41, 5.74) is 1.58. The van der Waals surface area contributed by atoms with E-state index in [1.165, 1.54) is 13.3 Å². The third kappa shape index (κ3) is 3.76. The molecule has 0 saturated carbocycles. The Hall–Kier alpha value is -2.76. The minimum Gasteiger partial charge on any atom is -0.341 e. The summed E-state index contributed by atoms with van der Waals surface area (Å²) in [5.74, 6) is 0.315. The first-order valence-electron chi connectivity index (χ1n) is 8.14. The van der Waals surface area contributed by atoms with Crippen LogP contribution < -0.4 is 10.2 Å². The fourth-order valence-corrected chi connectivity index (χ4v) is 2.70. The number of ketones is 1. The molecule has 2 aromatic rings. The topological polar surface area (TPSA) is 75.2 Å². The van der Waals surface area contributed by atoms with E-state index in [-0.39, 0.29) is 11.7 Å². The van der Waals surface area contributed by atoms with Gasteiger partial charge >= 0.3 is 0 Å². The monoisotopic (exact) mass is 324 g/mol. The molecule has 1 aromatic heterocycles. The van der Waals surface area contributed by atoms with Crippen molar-refractivity contribution in [2.45, 2.75) is 26.2 Å². The molecule has 0 unspecified atom stereocenters. The van der Waals surface area contributed by atoms with Crippen molar-refractivity contribution in [1.29, 1.82) is 0 Å². The summed E-state index contributed by atoms with van der Waals surface area (Å²) >= 11 is 0. The lowest BCUT2D eigenvalue weighted by Gasteiger charge is -2.26. The molecule has 1 N–H and O–H groups in total. The average molecular weight is 324 g/mol. The molecule has 1 aromatic carbocycles. The van der Waals surface area contributed by atoms with Crippen molar-refractivity contribution < 1.29 is 9.59 Å². The summed E-state index contributed by atoms with van der Waals surface area (Å²) in [6.45, 7) is 3.37. The number of carbonyl (C=O) groups is 2. The van der Waals surface area contributed by atoms with Gasteiger partial charge in [0.15, 0.2) is 5.78 Å². The number of Topliss-reactive ketones (excluding diaryl/α,β-unsaturated/α-hetero) is 1. The molecule has 6 nitrogen and oxygen atoms in total. The van der Waals surface area contributed by atoms with Crippen LogP contribution in [-0.4, -0.2) is 34.7 Å². The molecule has 0 radical (unpaired) electrons. The number of amides is 1. The number of piperidine rings is 1. The highest BCUT2D eigenvalue weighted by Gasteiger charge is 2.16. The molecule has 3 rings (SSSR count). The van der Waals surface area contributed by atoms with Crippen molar-refractivity contribution in [2.75, 3.05) is 23.3 Å². The fraction of sp³-hybridized carbons (Fsp3) is 0.333. The van der Waals surface area contributed by atoms with Gasteiger partial charge in [0, 0.05) is 30.5 Å². The molecule has 1 saturated heterocycles. The number of benzene rings is 1. The lowest BCUT2D eigenvalue weighted by atomic mass is 10.1. The smallest absolute Gasteiger partial charge is 0.274 e. The van der Waals surface area contributed by atoms with Gasteiger partial charge in [-0.3, -0.25) is 9.59 Å². The van der Waals surface area contributed by atoms with Gasteiger partial charge in [-0.05, 0) is 56.5 Å². The van der Waals surface area contributed by atoms with Crippen LogP contribution in [0.1, 0.15) is 47.0 Å². The van der Waals surface area contributed by atoms with E-state index in [9.17, 15) is 9.59 Å². The number of hydrogen-bond donors (Lipinski definition) is 1. The van der Waals surface area contributed by atoms with Gasteiger partial charge in [-0.2, -0.15) is 0 Å². The van der Waals surface area contributed by atoms with Crippen LogP contribution in [0.5, 0.6) is 0 Å². The van der Waals surface area contributed by atoms with E-state index in [1.807, 2.05) is 0 Å². The maximum atomic E-state index is 12.4. The zero-order chi connectivity index (χ0) is 16.9. The highest BCUT2D eigenvalue weighted by atomic mass is 16.2. The maximum absolute atomic E-state index is 12.4. The van der Waals surface area contributed by atoms with Crippen molar-refractivity contribution in [3.63, 3.8) is 0 Å². The Labute approximate surface area is 140 Å². The standard InChI is InChI=1S/C18H20N4O2/c1-13(23)14-5-7-15(8-6-14)20-17(24)16-9-10-19-18(21-16)22-11-3-2-4-12-22/h5-10H,2-4,11-12H2,1H3,(H,20,24). The second-order valence-corrected chi connectivity index (χ2v) is 5.88. The van der Waals surface area contributed by atoms with Crippen LogP contribution in [0.3, 0.4) is 0 Å². The number of anilines is 2. The minimum atomic E-state index is -0.286. The molecule has 124 valence electrons. The number of nitrogens with zero attached hydrogens (tertiary/aromatic N) is 3. The normalized spacial score (nSPS) is 14.3. The van der Waals surface area contributed by atoms with Crippen molar-refractivity contribution >= 4 is 23.3 Å². The number of rotatable bonds is 4. The van der Waals surface area contributed by atoms with Gasteiger partial charge < -0.3 is 10.2 Å². The zero-order valence-corrected chi connectivity index (χ0v) is 13.7. The zero-order valence-electron chi connectivity index (χ0n) is 13.7. The summed E-state index contributed by atoms with van der Waals surface area (Å²) in [7, 11) is 0. The molecule has 2 heterocycles. The SMILES string of the molecule is CC(=O)c1ccc(NC(=O)c2ccnc(N3CCCCC3)n2)cc1. The third-order valence-corrected chi connectivity index (χ3v) is 4.06. The van der Waals surface area contributed by atoms with E-state index in [2.05, 4.69) is 20.2 Å². The molecule has 6 heteroatoms. The van der Waals surface area contributed by atoms with E-state index >= 15 is 0 Å². The number of hydrogen-bond acceptors (Lipinski definition) is 5. The van der Waals surface area contributed by atoms with Crippen LogP contribution >= 0.6 is 0 Å². The Morgan fingerprint density at radius 3 is 2.42 bits per heavy atom. The predicted molar refractivity (Wildman–Crippen MR) is 92.5 cm³/mol. The van der Waals surface area contributed by atoms with Gasteiger partial charge in [0.1, 0.15) is 5.69 Å². The summed E-state index contributed by atoms with van der Waals surface area (Å²) in [5, 5.41) is 2.80. The summed E-state index contributed by atoms with van der Waals surface area (Å²) in [4.78, 5) is 34.4. The third-order valence-electron chi connectivity index (χ3n) is 4.06. The first-order chi connectivity index (χ1) is 11.6. The molecule has 24 heavy (non-hydrogen) atoms. The van der Waals surface area contributed by atoms with E-state index in [0.29, 0.717) is 22.9 Å². The van der Waals surface area contributed by atoms with E-state index < -0.39 is 0 Å². The van der Waals surface area contributed by atoms with Crippen molar-refractivity contribution in [2.24, 2.45) is 0 Å². The van der Waals surface area contributed by atoms with Gasteiger partial charge in [-0.15, -0.1) is 0 Å². The highest BCUT2D eigenvalue weighted by molar-refractivity contribution is 6.03. The van der Waals surface area contributed by atoms with Gasteiger partial charge in [0.25, 0.3) is 5.91 Å². The Morgan fingerprint density at radius 1 is 1.04 bits per heavy atom. The van der Waals surface area contributed by atoms with Gasteiger partial charge in [-0.1, -0.05) is 0 Å². The average Bonchev–Trinajstić information content (AvgIpc) is 2.63. The van der Waals surface area contributed by atoms with Crippen molar-refractivity contribution in [1.82, 2.24) is 9.97 Å². The number of nitrogens with one attached hydrogen (secondary N) is 1. The van der Waals surface area contributed by atoms with Crippen LogP contribution in [0.25, 0.3) is 0 Å². The van der Waals surface area contributed by atoms with Crippen LogP contribution in [-0.2, 0) is 0 Å². The van der Waals surface area contributed by atoms with Gasteiger partial charge in [0.05, 0.1) is 0 Å². The Kier molecular flexibility index (Phi) is 4.84. The molecule has 0 spiro atoms. The molecular formula is C18H20N4O2. The summed E-state index contributed by atoms with van der Waals surface area (Å²) < 4.78 is 0. The molecule has 1 amide bonds. The Balaban J connectivity index is 1.71. The number of carbonyl (C=O) groups excluding carboxylic acids is 2. The van der Waals surface area contributed by atoms with E-state index in [0.717, 1.165) is 25.9 Å². The predicted octanol–water partition coefficient (Wildman–Crippen LogP) is 2.92. The maximum Gasteiger partial charge on any atom is 0.274 e. The summed E-state index contributed by atoms with van der Waals surface area (Å²) in [6, 6.07) is 8.41. The van der Waals surface area contributed by atoms with Crippen LogP contribution in [0.15, 0.2) is 36.5 Å². The largest absolute Gasteiger partial charge is 0.341 e. The minimum absolute atomic E-state index is 0.00477. The molecule has 0 atom stereocenters.